The highest BCUT2D eigenvalue weighted by Gasteiger charge is 2.47. The van der Waals surface area contributed by atoms with E-state index in [-0.39, 0.29) is 59.7 Å². The maximum atomic E-state index is 13.9. The van der Waals surface area contributed by atoms with Gasteiger partial charge in [-0.1, -0.05) is 0 Å². The second-order valence-electron chi connectivity index (χ2n) is 16.2. The number of imide groups is 2. The lowest BCUT2D eigenvalue weighted by Crippen LogP contribution is -2.61. The van der Waals surface area contributed by atoms with Crippen LogP contribution in [0, 0.1) is 0 Å². The Labute approximate surface area is 339 Å². The zero-order valence-corrected chi connectivity index (χ0v) is 33.3. The quantitative estimate of drug-likeness (QED) is 0.223. The van der Waals surface area contributed by atoms with E-state index in [0.29, 0.717) is 53.9 Å². The van der Waals surface area contributed by atoms with Gasteiger partial charge in [0, 0.05) is 73.9 Å². The molecule has 9 rings (SSSR count). The number of ether oxygens (including phenoxy) is 2. The molecule has 17 nitrogen and oxygen atoms in total. The average molecular weight is 804 g/mol. The molecule has 0 spiro atoms. The van der Waals surface area contributed by atoms with E-state index in [4.69, 9.17) is 9.47 Å². The van der Waals surface area contributed by atoms with Crippen molar-refractivity contribution in [2.45, 2.75) is 89.2 Å². The van der Waals surface area contributed by atoms with Crippen molar-refractivity contribution >= 4 is 52.5 Å². The Kier molecular flexibility index (Phi) is 9.57. The summed E-state index contributed by atoms with van der Waals surface area (Å²) in [5.41, 5.74) is 3.75. The molecule has 4 aromatic rings. The van der Waals surface area contributed by atoms with Crippen LogP contribution in [-0.4, -0.2) is 122 Å². The number of carbonyl (C=O) groups is 6. The zero-order valence-electron chi connectivity index (χ0n) is 33.3. The normalized spacial score (nSPS) is 22.0. The summed E-state index contributed by atoms with van der Waals surface area (Å²) in [6.07, 6.45) is 8.31. The number of aromatic nitrogens is 3. The van der Waals surface area contributed by atoms with Gasteiger partial charge in [0.1, 0.15) is 23.1 Å². The molecule has 0 bridgehead atoms. The average Bonchev–Trinajstić information content (AvgIpc) is 3.85. The van der Waals surface area contributed by atoms with Gasteiger partial charge in [0.05, 0.1) is 36.2 Å². The number of amides is 6. The predicted octanol–water partition coefficient (Wildman–Crippen LogP) is 3.27. The van der Waals surface area contributed by atoms with Gasteiger partial charge in [0.15, 0.2) is 5.65 Å². The smallest absolute Gasteiger partial charge is 0.266 e. The van der Waals surface area contributed by atoms with Crippen LogP contribution in [0.3, 0.4) is 0 Å². The second kappa shape index (κ2) is 14.8. The van der Waals surface area contributed by atoms with E-state index in [1.165, 1.54) is 17.8 Å². The number of methoxy groups -OCH3 is 1. The first kappa shape index (κ1) is 38.2. The minimum Gasteiger partial charge on any atom is -0.496 e. The van der Waals surface area contributed by atoms with Crippen molar-refractivity contribution in [1.82, 2.24) is 34.6 Å². The number of carbonyl (C=O) groups excluding carboxylic acids is 6. The van der Waals surface area contributed by atoms with Crippen LogP contribution in [0.4, 0.5) is 11.4 Å². The van der Waals surface area contributed by atoms with Gasteiger partial charge < -0.3 is 24.6 Å². The monoisotopic (exact) mass is 803 g/mol. The highest BCUT2D eigenvalue weighted by atomic mass is 16.5. The summed E-state index contributed by atoms with van der Waals surface area (Å²) >= 11 is 0. The lowest BCUT2D eigenvalue weighted by Gasteiger charge is -2.49. The molecule has 17 heteroatoms. The maximum Gasteiger partial charge on any atom is 0.266 e. The summed E-state index contributed by atoms with van der Waals surface area (Å²) in [6, 6.07) is 8.41. The molecule has 1 unspecified atom stereocenters. The molecule has 6 amide bonds. The number of benzene rings is 2. The third-order valence-electron chi connectivity index (χ3n) is 12.4. The van der Waals surface area contributed by atoms with Crippen molar-refractivity contribution in [1.29, 1.82) is 0 Å². The molecule has 5 aliphatic rings. The Bertz CT molecular complexity index is 2430. The molecule has 2 aromatic carbocycles. The summed E-state index contributed by atoms with van der Waals surface area (Å²) in [5.74, 6) is -1.96. The Morgan fingerprint density at radius 1 is 0.932 bits per heavy atom. The molecule has 0 radical (unpaired) electrons. The summed E-state index contributed by atoms with van der Waals surface area (Å²) in [6.45, 7) is 5.67. The fourth-order valence-corrected chi connectivity index (χ4v) is 9.17. The Morgan fingerprint density at radius 2 is 1.71 bits per heavy atom. The molecule has 1 atom stereocenters. The number of nitrogens with zero attached hydrogens (tertiary/aromatic N) is 7. The molecule has 59 heavy (non-hydrogen) atoms. The number of likely N-dealkylation sites (N-methyl/N-ethyl adjacent to an activating group) is 1. The number of rotatable bonds is 10. The van der Waals surface area contributed by atoms with Crippen molar-refractivity contribution in [2.24, 2.45) is 0 Å². The topological polar surface area (TPSA) is 188 Å². The molecule has 1 saturated carbocycles. The van der Waals surface area contributed by atoms with Gasteiger partial charge in [-0.3, -0.25) is 43.9 Å². The van der Waals surface area contributed by atoms with Crippen LogP contribution in [0.15, 0.2) is 48.9 Å². The SMILES string of the molecule is COc1cc(N2CC(N(C)C3CCC(N4Cc5cc(NC(=O)c6cnn7cccnc67)c(OC(C)C)cc5C4=O)CC3)C2)cc2c1C(=O)N(C1CCC(=O)NC1=O)C2=O. The van der Waals surface area contributed by atoms with Gasteiger partial charge in [-0.15, -0.1) is 0 Å². The van der Waals surface area contributed by atoms with Crippen molar-refractivity contribution in [2.75, 3.05) is 37.5 Å². The van der Waals surface area contributed by atoms with E-state index in [1.54, 1.807) is 36.7 Å². The number of anilines is 2. The summed E-state index contributed by atoms with van der Waals surface area (Å²) in [4.78, 5) is 90.4. The van der Waals surface area contributed by atoms with Crippen molar-refractivity contribution in [3.63, 3.8) is 0 Å². The molecule has 4 aliphatic heterocycles. The van der Waals surface area contributed by atoms with E-state index in [1.807, 2.05) is 24.8 Å². The Balaban J connectivity index is 0.825. The number of hydrogen-bond donors (Lipinski definition) is 2. The van der Waals surface area contributed by atoms with E-state index < -0.39 is 29.7 Å². The van der Waals surface area contributed by atoms with Crippen LogP contribution in [-0.2, 0) is 16.1 Å². The van der Waals surface area contributed by atoms with Crippen molar-refractivity contribution < 1.29 is 38.2 Å². The van der Waals surface area contributed by atoms with Crippen LogP contribution < -0.4 is 25.0 Å². The first-order chi connectivity index (χ1) is 28.4. The van der Waals surface area contributed by atoms with E-state index >= 15 is 0 Å². The van der Waals surface area contributed by atoms with E-state index in [9.17, 15) is 28.8 Å². The molecule has 1 aliphatic carbocycles. The number of hydrogen-bond acceptors (Lipinski definition) is 12. The summed E-state index contributed by atoms with van der Waals surface area (Å²) < 4.78 is 13.2. The van der Waals surface area contributed by atoms with Crippen LogP contribution in [0.25, 0.3) is 5.65 Å². The number of fused-ring (bicyclic) bond motifs is 3. The van der Waals surface area contributed by atoms with Crippen molar-refractivity contribution in [3.8, 4) is 11.5 Å². The first-order valence-corrected chi connectivity index (χ1v) is 20.0. The predicted molar refractivity (Wildman–Crippen MR) is 212 cm³/mol. The minimum absolute atomic E-state index is 0.0325. The molecule has 6 heterocycles. The standard InChI is InChI=1S/C42H45N9O8/c1-22(2)59-33-17-28-23(14-31(33)45-38(53)30-18-44-50-13-5-12-43-37(30)50)19-49(40(28)55)25-8-6-24(7-9-25)47(3)27-20-48(21-27)26-15-29-36(34(16-26)58-4)42(57)51(41(29)56)32-10-11-35(52)46-39(32)54/h5,12-18,22,24-25,27,32H,6-11,19-21H2,1-4H3,(H,45,53)(H,46,52,54). The van der Waals surface area contributed by atoms with Crippen LogP contribution >= 0.6 is 0 Å². The highest BCUT2D eigenvalue weighted by molar-refractivity contribution is 6.25. The van der Waals surface area contributed by atoms with Gasteiger partial charge in [-0.2, -0.15) is 5.10 Å². The maximum absolute atomic E-state index is 13.9. The molecule has 2 N–H and O–H groups in total. The first-order valence-electron chi connectivity index (χ1n) is 20.0. The fourth-order valence-electron chi connectivity index (χ4n) is 9.17. The van der Waals surface area contributed by atoms with Gasteiger partial charge >= 0.3 is 0 Å². The zero-order chi connectivity index (χ0) is 41.3. The molecule has 2 saturated heterocycles. The van der Waals surface area contributed by atoms with Crippen LogP contribution in [0.2, 0.25) is 0 Å². The lowest BCUT2D eigenvalue weighted by molar-refractivity contribution is -0.136. The summed E-state index contributed by atoms with van der Waals surface area (Å²) in [7, 11) is 3.59. The fraction of sp³-hybridized carbons (Fsp3) is 0.429. The number of piperidine rings is 1. The number of nitrogens with one attached hydrogen (secondary N) is 2. The van der Waals surface area contributed by atoms with E-state index in [2.05, 4.69) is 37.6 Å². The van der Waals surface area contributed by atoms with Gasteiger partial charge in [-0.25, -0.2) is 9.50 Å². The highest BCUT2D eigenvalue weighted by Crippen LogP contribution is 2.41. The van der Waals surface area contributed by atoms with Gasteiger partial charge in [-0.05, 0) is 82.8 Å². The van der Waals surface area contributed by atoms with Crippen LogP contribution in [0.5, 0.6) is 11.5 Å². The largest absolute Gasteiger partial charge is 0.496 e. The van der Waals surface area contributed by atoms with Crippen LogP contribution in [0.1, 0.15) is 99.4 Å². The summed E-state index contributed by atoms with van der Waals surface area (Å²) in [5, 5.41) is 9.45. The molecular formula is C42H45N9O8. The third kappa shape index (κ3) is 6.62. The van der Waals surface area contributed by atoms with Gasteiger partial charge in [0.25, 0.3) is 23.6 Å². The molecular weight excluding hydrogens is 759 g/mol. The van der Waals surface area contributed by atoms with E-state index in [0.717, 1.165) is 41.8 Å². The Morgan fingerprint density at radius 3 is 2.44 bits per heavy atom. The second-order valence-corrected chi connectivity index (χ2v) is 16.2. The third-order valence-corrected chi connectivity index (χ3v) is 12.4. The molecule has 306 valence electrons. The lowest BCUT2D eigenvalue weighted by atomic mass is 9.88. The Hall–Kier alpha value is -6.36. The van der Waals surface area contributed by atoms with Crippen molar-refractivity contribution in [3.05, 3.63) is 76.7 Å². The minimum atomic E-state index is -1.05. The molecule has 2 aromatic heterocycles. The van der Waals surface area contributed by atoms with Gasteiger partial charge in [0.2, 0.25) is 11.8 Å². The molecule has 3 fully saturated rings.